The van der Waals surface area contributed by atoms with Crippen molar-refractivity contribution in [3.63, 3.8) is 0 Å². The van der Waals surface area contributed by atoms with Crippen molar-refractivity contribution in [2.45, 2.75) is 6.92 Å². The van der Waals surface area contributed by atoms with Gasteiger partial charge in [0.05, 0.1) is 17.3 Å². The highest BCUT2D eigenvalue weighted by Gasteiger charge is 2.16. The first-order valence-corrected chi connectivity index (χ1v) is 9.72. The van der Waals surface area contributed by atoms with Crippen LogP contribution in [0.4, 0.5) is 5.69 Å². The van der Waals surface area contributed by atoms with E-state index in [9.17, 15) is 4.79 Å². The molecule has 0 aliphatic carbocycles. The molecule has 1 N–H and O–H groups in total. The van der Waals surface area contributed by atoms with Crippen LogP contribution in [-0.2, 0) is 0 Å². The second-order valence-corrected chi connectivity index (χ2v) is 7.60. The van der Waals surface area contributed by atoms with Crippen molar-refractivity contribution in [3.05, 3.63) is 71.0 Å². The fraction of sp³-hybridized carbons (Fsp3) is 0.0952. The third kappa shape index (κ3) is 3.56. The monoisotopic (exact) mass is 409 g/mol. The first kappa shape index (κ1) is 18.4. The molecule has 0 fully saturated rings. The number of carbonyl (C=O) groups is 1. The number of aromatic nitrogens is 2. The number of carbonyl (C=O) groups excluding carboxylic acids is 1. The Morgan fingerprint density at radius 3 is 2.79 bits per heavy atom. The van der Waals surface area contributed by atoms with Crippen molar-refractivity contribution >= 4 is 44.7 Å². The topological polar surface area (TPSA) is 64.1 Å². The summed E-state index contributed by atoms with van der Waals surface area (Å²) in [7, 11) is 1.49. The molecule has 5 nitrogen and oxygen atoms in total. The van der Waals surface area contributed by atoms with E-state index in [4.69, 9.17) is 16.3 Å². The van der Waals surface area contributed by atoms with Crippen LogP contribution in [0.2, 0.25) is 5.15 Å². The molecule has 0 unspecified atom stereocenters. The van der Waals surface area contributed by atoms with E-state index in [1.54, 1.807) is 11.3 Å². The molecule has 1 amide bonds. The number of ether oxygens (including phenoxy) is 1. The van der Waals surface area contributed by atoms with Gasteiger partial charge in [0.2, 0.25) is 0 Å². The summed E-state index contributed by atoms with van der Waals surface area (Å²) in [6, 6.07) is 15.4. The Labute approximate surface area is 171 Å². The van der Waals surface area contributed by atoms with Crippen LogP contribution >= 0.6 is 22.9 Å². The molecular formula is C21H16ClN3O2S. The first-order chi connectivity index (χ1) is 13.5. The first-order valence-electron chi connectivity index (χ1n) is 8.52. The number of nitrogens with zero attached hydrogens (tertiary/aromatic N) is 2. The van der Waals surface area contributed by atoms with E-state index in [2.05, 4.69) is 15.3 Å². The van der Waals surface area contributed by atoms with Gasteiger partial charge in [-0.1, -0.05) is 35.9 Å². The van der Waals surface area contributed by atoms with Crippen LogP contribution in [0.3, 0.4) is 0 Å². The van der Waals surface area contributed by atoms with Crippen molar-refractivity contribution in [3.8, 4) is 16.3 Å². The molecule has 0 aliphatic rings. The lowest BCUT2D eigenvalue weighted by atomic mass is 10.1. The van der Waals surface area contributed by atoms with Crippen molar-refractivity contribution in [1.82, 2.24) is 9.97 Å². The van der Waals surface area contributed by atoms with Gasteiger partial charge in [0.25, 0.3) is 5.91 Å². The third-order valence-electron chi connectivity index (χ3n) is 4.32. The van der Waals surface area contributed by atoms with E-state index in [-0.39, 0.29) is 11.1 Å². The SMILES string of the molecule is COc1cc(Cl)ncc1C(=O)Nc1cc(-c2nc3ccccc3s2)ccc1C. The largest absolute Gasteiger partial charge is 0.496 e. The number of hydrogen-bond acceptors (Lipinski definition) is 5. The zero-order valence-electron chi connectivity index (χ0n) is 15.2. The molecule has 2 aromatic carbocycles. The Bertz CT molecular complexity index is 1160. The molecule has 4 rings (SSSR count). The lowest BCUT2D eigenvalue weighted by Crippen LogP contribution is -2.14. The number of rotatable bonds is 4. The maximum Gasteiger partial charge on any atom is 0.261 e. The average Bonchev–Trinajstić information content (AvgIpc) is 3.13. The molecule has 2 aromatic heterocycles. The van der Waals surface area contributed by atoms with Gasteiger partial charge in [-0.25, -0.2) is 9.97 Å². The number of hydrogen-bond donors (Lipinski definition) is 1. The van der Waals surface area contributed by atoms with Gasteiger partial charge in [0.1, 0.15) is 21.5 Å². The summed E-state index contributed by atoms with van der Waals surface area (Å²) in [5.74, 6) is 0.0584. The predicted octanol–water partition coefficient (Wildman–Crippen LogP) is 5.58. The Hall–Kier alpha value is -2.96. The number of halogens is 1. The molecule has 0 aliphatic heterocycles. The Balaban J connectivity index is 1.67. The number of amides is 1. The van der Waals surface area contributed by atoms with Gasteiger partial charge >= 0.3 is 0 Å². The Morgan fingerprint density at radius 2 is 2.00 bits per heavy atom. The highest BCUT2D eigenvalue weighted by atomic mass is 35.5. The number of nitrogens with one attached hydrogen (secondary N) is 1. The number of benzene rings is 2. The number of methoxy groups -OCH3 is 1. The Kier molecular flexibility index (Phi) is 4.98. The highest BCUT2D eigenvalue weighted by molar-refractivity contribution is 7.21. The highest BCUT2D eigenvalue weighted by Crippen LogP contribution is 2.32. The van der Waals surface area contributed by atoms with E-state index < -0.39 is 0 Å². The standard InChI is InChI=1S/C21H16ClN3O2S/c1-12-7-8-13(21-25-15-5-3-4-6-18(15)28-21)9-16(12)24-20(26)14-11-23-19(22)10-17(14)27-2/h3-11H,1-2H3,(H,24,26). The molecule has 0 radical (unpaired) electrons. The molecule has 0 saturated heterocycles. The number of aryl methyl sites for hydroxylation is 1. The summed E-state index contributed by atoms with van der Waals surface area (Å²) in [6.45, 7) is 1.94. The molecule has 0 atom stereocenters. The van der Waals surface area contributed by atoms with Crippen LogP contribution in [0.15, 0.2) is 54.7 Å². The van der Waals surface area contributed by atoms with E-state index >= 15 is 0 Å². The maximum absolute atomic E-state index is 12.8. The summed E-state index contributed by atoms with van der Waals surface area (Å²) in [5, 5.41) is 4.11. The van der Waals surface area contributed by atoms with Gasteiger partial charge in [-0.3, -0.25) is 4.79 Å². The maximum atomic E-state index is 12.8. The van der Waals surface area contributed by atoms with Gasteiger partial charge in [-0.15, -0.1) is 11.3 Å². The molecule has 0 bridgehead atoms. The number of fused-ring (bicyclic) bond motifs is 1. The smallest absolute Gasteiger partial charge is 0.261 e. The summed E-state index contributed by atoms with van der Waals surface area (Å²) in [4.78, 5) is 21.4. The minimum Gasteiger partial charge on any atom is -0.496 e. The number of pyridine rings is 1. The van der Waals surface area contributed by atoms with Crippen LogP contribution in [0.5, 0.6) is 5.75 Å². The van der Waals surface area contributed by atoms with Crippen LogP contribution in [0.25, 0.3) is 20.8 Å². The summed E-state index contributed by atoms with van der Waals surface area (Å²) < 4.78 is 6.37. The van der Waals surface area contributed by atoms with E-state index in [1.807, 2.05) is 49.4 Å². The zero-order chi connectivity index (χ0) is 19.7. The minimum absolute atomic E-state index is 0.266. The second-order valence-electron chi connectivity index (χ2n) is 6.18. The minimum atomic E-state index is -0.314. The number of anilines is 1. The molecule has 2 heterocycles. The molecular weight excluding hydrogens is 394 g/mol. The predicted molar refractivity (Wildman–Crippen MR) is 114 cm³/mol. The fourth-order valence-corrected chi connectivity index (χ4v) is 3.94. The van der Waals surface area contributed by atoms with Crippen LogP contribution in [-0.4, -0.2) is 23.0 Å². The fourth-order valence-electron chi connectivity index (χ4n) is 2.83. The van der Waals surface area contributed by atoms with Gasteiger partial charge in [0.15, 0.2) is 0 Å². The van der Waals surface area contributed by atoms with Crippen molar-refractivity contribution < 1.29 is 9.53 Å². The van der Waals surface area contributed by atoms with Gasteiger partial charge in [-0.05, 0) is 30.7 Å². The third-order valence-corrected chi connectivity index (χ3v) is 5.62. The molecule has 28 heavy (non-hydrogen) atoms. The molecule has 4 aromatic rings. The van der Waals surface area contributed by atoms with Crippen LogP contribution in [0, 0.1) is 6.92 Å². The van der Waals surface area contributed by atoms with Crippen molar-refractivity contribution in [1.29, 1.82) is 0 Å². The second kappa shape index (κ2) is 7.58. The van der Waals surface area contributed by atoms with Gasteiger partial charge in [0, 0.05) is 23.5 Å². The summed E-state index contributed by atoms with van der Waals surface area (Å²) in [6.07, 6.45) is 1.41. The van der Waals surface area contributed by atoms with Crippen LogP contribution in [0.1, 0.15) is 15.9 Å². The molecule has 0 saturated carbocycles. The Morgan fingerprint density at radius 1 is 1.18 bits per heavy atom. The van der Waals surface area contributed by atoms with Crippen molar-refractivity contribution in [2.24, 2.45) is 0 Å². The van der Waals surface area contributed by atoms with Gasteiger partial charge < -0.3 is 10.1 Å². The van der Waals surface area contributed by atoms with E-state index in [0.717, 1.165) is 26.4 Å². The molecule has 7 heteroatoms. The zero-order valence-corrected chi connectivity index (χ0v) is 16.8. The number of para-hydroxylation sites is 1. The molecule has 0 spiro atoms. The number of thiazole rings is 1. The average molecular weight is 410 g/mol. The normalized spacial score (nSPS) is 10.8. The van der Waals surface area contributed by atoms with E-state index in [1.165, 1.54) is 19.4 Å². The quantitative estimate of drug-likeness (QED) is 0.447. The van der Waals surface area contributed by atoms with E-state index in [0.29, 0.717) is 17.0 Å². The summed E-state index contributed by atoms with van der Waals surface area (Å²) >= 11 is 7.50. The van der Waals surface area contributed by atoms with Gasteiger partial charge in [-0.2, -0.15) is 0 Å². The van der Waals surface area contributed by atoms with Crippen molar-refractivity contribution in [2.75, 3.05) is 12.4 Å². The molecule has 140 valence electrons. The lowest BCUT2D eigenvalue weighted by Gasteiger charge is -2.12. The van der Waals surface area contributed by atoms with Crippen LogP contribution < -0.4 is 10.1 Å². The lowest BCUT2D eigenvalue weighted by molar-refractivity contribution is 0.102. The summed E-state index contributed by atoms with van der Waals surface area (Å²) in [5.41, 5.74) is 3.88.